The molecule has 5 aromatic carbocycles. The highest BCUT2D eigenvalue weighted by Gasteiger charge is 2.24. The van der Waals surface area contributed by atoms with Gasteiger partial charge in [0.05, 0.1) is 5.69 Å². The van der Waals surface area contributed by atoms with Crippen LogP contribution in [0.2, 0.25) is 0 Å². The molecule has 0 saturated heterocycles. The van der Waals surface area contributed by atoms with E-state index in [1.165, 1.54) is 54.2 Å². The summed E-state index contributed by atoms with van der Waals surface area (Å²) in [6.07, 6.45) is 1.45. The topological polar surface area (TPSA) is 87.3 Å². The Morgan fingerprint density at radius 3 is 2.13 bits per heavy atom. The number of carbonyl (C=O) groups excluding carboxylic acids is 3. The smallest absolute Gasteiger partial charge is 0.272 e. The molecule has 1 atom stereocenters. The molecule has 3 amide bonds. The van der Waals surface area contributed by atoms with Gasteiger partial charge in [0.25, 0.3) is 11.8 Å². The minimum Gasteiger partial charge on any atom is -0.322 e. The van der Waals surface area contributed by atoms with E-state index in [4.69, 9.17) is 0 Å². The van der Waals surface area contributed by atoms with E-state index < -0.39 is 34.6 Å². The van der Waals surface area contributed by atoms with Gasteiger partial charge in [0.2, 0.25) is 5.91 Å². The van der Waals surface area contributed by atoms with E-state index in [0.717, 1.165) is 0 Å². The second-order valence-corrected chi connectivity index (χ2v) is 12.0. The number of benzene rings is 5. The van der Waals surface area contributed by atoms with E-state index in [9.17, 15) is 23.2 Å². The summed E-state index contributed by atoms with van der Waals surface area (Å²) < 4.78 is 28.6. The van der Waals surface area contributed by atoms with E-state index >= 15 is 0 Å². The number of carbonyl (C=O) groups is 3. The van der Waals surface area contributed by atoms with E-state index in [1.54, 1.807) is 60.7 Å². The van der Waals surface area contributed by atoms with Crippen LogP contribution >= 0.6 is 27.7 Å². The summed E-state index contributed by atoms with van der Waals surface area (Å²) in [4.78, 5) is 40.6. The SMILES string of the molecule is O=C(Nc1cccc(SC(C(=O)Nc2ccc(Br)cc2F)c2ccccc2)c1)/C(=C/c1ccc(F)cc1)NC(=O)c1ccccc1. The van der Waals surface area contributed by atoms with Gasteiger partial charge in [-0.05, 0) is 77.9 Å². The van der Waals surface area contributed by atoms with Crippen LogP contribution in [0.4, 0.5) is 20.2 Å². The number of rotatable bonds is 10. The average molecular weight is 699 g/mol. The standard InChI is InChI=1S/C36H26BrF2N3O3S/c37-26-16-19-31(30(39)21-26)41-36(45)33(24-8-3-1-4-9-24)46-29-13-7-12-28(22-29)40-35(44)32(20-23-14-17-27(38)18-15-23)42-34(43)25-10-5-2-6-11-25/h1-22,33H,(H,40,44)(H,41,45)(H,42,43)/b32-20-. The van der Waals surface area contributed by atoms with Gasteiger partial charge >= 0.3 is 0 Å². The predicted molar refractivity (Wildman–Crippen MR) is 181 cm³/mol. The fourth-order valence-corrected chi connectivity index (χ4v) is 5.76. The lowest BCUT2D eigenvalue weighted by Crippen LogP contribution is -2.30. The lowest BCUT2D eigenvalue weighted by atomic mass is 10.1. The van der Waals surface area contributed by atoms with Crippen molar-refractivity contribution in [1.82, 2.24) is 5.32 Å². The zero-order valence-electron chi connectivity index (χ0n) is 24.0. The van der Waals surface area contributed by atoms with Crippen LogP contribution in [-0.4, -0.2) is 17.7 Å². The Balaban J connectivity index is 1.38. The van der Waals surface area contributed by atoms with Crippen LogP contribution in [0.15, 0.2) is 142 Å². The van der Waals surface area contributed by atoms with Crippen molar-refractivity contribution in [1.29, 1.82) is 0 Å². The summed E-state index contributed by atoms with van der Waals surface area (Å²) in [5.74, 6) is -2.55. The number of halogens is 3. The van der Waals surface area contributed by atoms with Crippen LogP contribution in [0.25, 0.3) is 6.08 Å². The first-order valence-corrected chi connectivity index (χ1v) is 15.6. The normalized spacial score (nSPS) is 11.8. The molecule has 0 bridgehead atoms. The molecule has 0 aromatic heterocycles. The van der Waals surface area contributed by atoms with Crippen molar-refractivity contribution in [3.05, 3.63) is 166 Å². The molecule has 0 radical (unpaired) electrons. The molecule has 230 valence electrons. The van der Waals surface area contributed by atoms with E-state index in [-0.39, 0.29) is 11.4 Å². The Hall–Kier alpha value is -5.06. The lowest BCUT2D eigenvalue weighted by molar-refractivity contribution is -0.116. The van der Waals surface area contributed by atoms with Crippen molar-refractivity contribution in [2.45, 2.75) is 10.1 Å². The van der Waals surface area contributed by atoms with E-state index in [2.05, 4.69) is 31.9 Å². The Morgan fingerprint density at radius 1 is 0.739 bits per heavy atom. The fraction of sp³-hybridized carbons (Fsp3) is 0.0278. The van der Waals surface area contributed by atoms with Crippen LogP contribution in [0.3, 0.4) is 0 Å². The molecule has 0 spiro atoms. The highest BCUT2D eigenvalue weighted by molar-refractivity contribution is 9.10. The maximum absolute atomic E-state index is 14.5. The molecule has 6 nitrogen and oxygen atoms in total. The van der Waals surface area contributed by atoms with Crippen molar-refractivity contribution in [3.63, 3.8) is 0 Å². The Kier molecular flexibility index (Phi) is 10.7. The number of anilines is 2. The first kappa shape index (κ1) is 32.3. The Bertz CT molecular complexity index is 1890. The average Bonchev–Trinajstić information content (AvgIpc) is 3.06. The Morgan fingerprint density at radius 2 is 1.43 bits per heavy atom. The second kappa shape index (κ2) is 15.3. The van der Waals surface area contributed by atoms with Crippen molar-refractivity contribution < 1.29 is 23.2 Å². The minimum absolute atomic E-state index is 0.0498. The van der Waals surface area contributed by atoms with Crippen LogP contribution in [-0.2, 0) is 9.59 Å². The fourth-order valence-electron chi connectivity index (χ4n) is 4.34. The van der Waals surface area contributed by atoms with Gasteiger partial charge in [-0.3, -0.25) is 14.4 Å². The van der Waals surface area contributed by atoms with E-state index in [0.29, 0.717) is 31.7 Å². The van der Waals surface area contributed by atoms with Crippen LogP contribution < -0.4 is 16.0 Å². The molecule has 46 heavy (non-hydrogen) atoms. The number of hydrogen-bond acceptors (Lipinski definition) is 4. The third-order valence-electron chi connectivity index (χ3n) is 6.59. The molecule has 10 heteroatoms. The van der Waals surface area contributed by atoms with Crippen molar-refractivity contribution in [2.75, 3.05) is 10.6 Å². The molecular formula is C36H26BrF2N3O3S. The molecule has 5 aromatic rings. The van der Waals surface area contributed by atoms with Gasteiger partial charge in [0.15, 0.2) is 0 Å². The zero-order valence-corrected chi connectivity index (χ0v) is 26.4. The summed E-state index contributed by atoms with van der Waals surface area (Å²) in [5, 5.41) is 7.38. The molecule has 0 aliphatic carbocycles. The molecule has 0 heterocycles. The number of hydrogen-bond donors (Lipinski definition) is 3. The van der Waals surface area contributed by atoms with E-state index in [1.807, 2.05) is 30.3 Å². The highest BCUT2D eigenvalue weighted by atomic mass is 79.9. The monoisotopic (exact) mass is 697 g/mol. The van der Waals surface area contributed by atoms with Gasteiger partial charge in [-0.2, -0.15) is 0 Å². The van der Waals surface area contributed by atoms with Gasteiger partial charge < -0.3 is 16.0 Å². The summed E-state index contributed by atoms with van der Waals surface area (Å²) in [5.41, 5.74) is 1.95. The van der Waals surface area contributed by atoms with Crippen LogP contribution in [0.5, 0.6) is 0 Å². The number of nitrogens with one attached hydrogen (secondary N) is 3. The van der Waals surface area contributed by atoms with Crippen molar-refractivity contribution in [2.24, 2.45) is 0 Å². The van der Waals surface area contributed by atoms with Gasteiger partial charge in [-0.1, -0.05) is 82.7 Å². The quantitative estimate of drug-likeness (QED) is 0.101. The largest absolute Gasteiger partial charge is 0.322 e. The molecule has 3 N–H and O–H groups in total. The maximum Gasteiger partial charge on any atom is 0.272 e. The molecular weight excluding hydrogens is 672 g/mol. The molecule has 0 aliphatic heterocycles. The summed E-state index contributed by atoms with van der Waals surface area (Å²) in [6, 6.07) is 34.3. The van der Waals surface area contributed by atoms with Crippen molar-refractivity contribution >= 4 is 62.9 Å². The molecule has 0 fully saturated rings. The predicted octanol–water partition coefficient (Wildman–Crippen LogP) is 8.61. The third-order valence-corrected chi connectivity index (χ3v) is 8.33. The molecule has 0 aliphatic rings. The maximum atomic E-state index is 14.5. The van der Waals surface area contributed by atoms with Crippen LogP contribution in [0.1, 0.15) is 26.7 Å². The highest BCUT2D eigenvalue weighted by Crippen LogP contribution is 2.37. The molecule has 0 saturated carbocycles. The number of thioether (sulfide) groups is 1. The second-order valence-electron chi connectivity index (χ2n) is 9.93. The zero-order chi connectivity index (χ0) is 32.5. The first-order valence-electron chi connectivity index (χ1n) is 14.0. The van der Waals surface area contributed by atoms with Gasteiger partial charge in [-0.25, -0.2) is 8.78 Å². The summed E-state index contributed by atoms with van der Waals surface area (Å²) >= 11 is 4.45. The van der Waals surface area contributed by atoms with Gasteiger partial charge in [0, 0.05) is 20.6 Å². The van der Waals surface area contributed by atoms with Crippen LogP contribution in [0, 0.1) is 11.6 Å². The Labute approximate surface area is 277 Å². The molecule has 5 rings (SSSR count). The van der Waals surface area contributed by atoms with Gasteiger partial charge in [-0.15, -0.1) is 11.8 Å². The molecule has 1 unspecified atom stereocenters. The summed E-state index contributed by atoms with van der Waals surface area (Å²) in [7, 11) is 0. The van der Waals surface area contributed by atoms with Crippen molar-refractivity contribution in [3.8, 4) is 0 Å². The summed E-state index contributed by atoms with van der Waals surface area (Å²) in [6.45, 7) is 0. The first-order chi connectivity index (χ1) is 22.2. The lowest BCUT2D eigenvalue weighted by Gasteiger charge is -2.18. The third kappa shape index (κ3) is 8.77. The minimum atomic E-state index is -0.755. The van der Waals surface area contributed by atoms with Gasteiger partial charge in [0.1, 0.15) is 22.6 Å². The number of amides is 3.